The van der Waals surface area contributed by atoms with Crippen molar-refractivity contribution in [2.75, 3.05) is 19.6 Å². The Bertz CT molecular complexity index is 347. The summed E-state index contributed by atoms with van der Waals surface area (Å²) in [6.07, 6.45) is 1.70. The second kappa shape index (κ2) is 8.12. The average molecular weight is 253 g/mol. The van der Waals surface area contributed by atoms with Crippen LogP contribution in [0.25, 0.3) is 0 Å². The third kappa shape index (κ3) is 5.34. The number of rotatable bonds is 7. The summed E-state index contributed by atoms with van der Waals surface area (Å²) in [4.78, 5) is 25.5. The molecule has 0 atom stereocenters. The number of carboxylic acid groups (broad SMARTS) is 1. The van der Waals surface area contributed by atoms with Crippen LogP contribution < -0.4 is 0 Å². The van der Waals surface area contributed by atoms with E-state index in [2.05, 4.69) is 6.58 Å². The molecule has 0 rings (SSSR count). The van der Waals surface area contributed by atoms with E-state index in [-0.39, 0.29) is 31.6 Å². The summed E-state index contributed by atoms with van der Waals surface area (Å²) in [5, 5.41) is 17.3. The second-order valence-electron chi connectivity index (χ2n) is 4.04. The van der Waals surface area contributed by atoms with Gasteiger partial charge in [0.05, 0.1) is 12.5 Å². The van der Waals surface area contributed by atoms with Crippen molar-refractivity contribution in [2.45, 2.75) is 26.3 Å². The van der Waals surface area contributed by atoms with Gasteiger partial charge in [0, 0.05) is 19.1 Å². The molecule has 1 N–H and O–H groups in total. The summed E-state index contributed by atoms with van der Waals surface area (Å²) in [7, 11) is 0. The predicted octanol–water partition coefficient (Wildman–Crippen LogP) is 1.30. The van der Waals surface area contributed by atoms with E-state index in [1.165, 1.54) is 15.9 Å². The number of carbonyl (C=O) groups is 2. The maximum absolute atomic E-state index is 12.1. The first kappa shape index (κ1) is 16.0. The molecule has 0 aliphatic heterocycles. The van der Waals surface area contributed by atoms with E-state index in [9.17, 15) is 9.59 Å². The molecule has 0 aromatic heterocycles. The zero-order chi connectivity index (χ0) is 14.1. The van der Waals surface area contributed by atoms with Crippen LogP contribution in [0.4, 0.5) is 4.79 Å². The SMILES string of the molecule is C=CCN(CC(=O)O)C(=O)N(CCC#N)C(C)C. The zero-order valence-corrected chi connectivity index (χ0v) is 10.8. The van der Waals surface area contributed by atoms with Gasteiger partial charge in [-0.1, -0.05) is 6.08 Å². The molecule has 0 bridgehead atoms. The molecule has 0 aromatic carbocycles. The van der Waals surface area contributed by atoms with Crippen LogP contribution >= 0.6 is 0 Å². The van der Waals surface area contributed by atoms with Gasteiger partial charge in [0.1, 0.15) is 6.54 Å². The molecule has 0 fully saturated rings. The highest BCUT2D eigenvalue weighted by molar-refractivity contribution is 5.80. The second-order valence-corrected chi connectivity index (χ2v) is 4.04. The third-order valence-corrected chi connectivity index (χ3v) is 2.28. The predicted molar refractivity (Wildman–Crippen MR) is 66.9 cm³/mol. The molecule has 0 aliphatic rings. The fraction of sp³-hybridized carbons (Fsp3) is 0.583. The van der Waals surface area contributed by atoms with Crippen molar-refractivity contribution in [3.63, 3.8) is 0 Å². The Morgan fingerprint density at radius 2 is 2.11 bits per heavy atom. The van der Waals surface area contributed by atoms with E-state index in [0.717, 1.165) is 0 Å². The molecule has 0 aromatic rings. The molecule has 0 saturated carbocycles. The van der Waals surface area contributed by atoms with Crippen LogP contribution in [-0.4, -0.2) is 52.6 Å². The molecule has 6 nitrogen and oxygen atoms in total. The van der Waals surface area contributed by atoms with E-state index in [4.69, 9.17) is 10.4 Å². The highest BCUT2D eigenvalue weighted by Gasteiger charge is 2.23. The summed E-state index contributed by atoms with van der Waals surface area (Å²) in [6.45, 7) is 7.23. The molecule has 6 heteroatoms. The Morgan fingerprint density at radius 3 is 2.50 bits per heavy atom. The average Bonchev–Trinajstić information content (AvgIpc) is 2.27. The van der Waals surface area contributed by atoms with Crippen LogP contribution in [0.3, 0.4) is 0 Å². The van der Waals surface area contributed by atoms with Crippen molar-refractivity contribution in [2.24, 2.45) is 0 Å². The Kier molecular flexibility index (Phi) is 7.20. The Hall–Kier alpha value is -2.03. The van der Waals surface area contributed by atoms with Gasteiger partial charge in [-0.25, -0.2) is 4.79 Å². The van der Waals surface area contributed by atoms with Crippen LogP contribution in [0, 0.1) is 11.3 Å². The number of nitriles is 1. The molecule has 18 heavy (non-hydrogen) atoms. The van der Waals surface area contributed by atoms with E-state index in [1.54, 1.807) is 0 Å². The fourth-order valence-corrected chi connectivity index (χ4v) is 1.46. The first-order valence-electron chi connectivity index (χ1n) is 5.69. The van der Waals surface area contributed by atoms with Crippen molar-refractivity contribution in [1.29, 1.82) is 5.26 Å². The number of hydrogen-bond acceptors (Lipinski definition) is 3. The number of carbonyl (C=O) groups excluding carboxylic acids is 1. The monoisotopic (exact) mass is 253 g/mol. The minimum atomic E-state index is -1.07. The summed E-state index contributed by atoms with van der Waals surface area (Å²) in [5.74, 6) is -1.07. The van der Waals surface area contributed by atoms with Gasteiger partial charge in [0.25, 0.3) is 0 Å². The number of carboxylic acids is 1. The van der Waals surface area contributed by atoms with Crippen LogP contribution in [0.2, 0.25) is 0 Å². The maximum atomic E-state index is 12.1. The topological polar surface area (TPSA) is 84.6 Å². The van der Waals surface area contributed by atoms with E-state index < -0.39 is 5.97 Å². The highest BCUT2D eigenvalue weighted by Crippen LogP contribution is 2.06. The first-order valence-corrected chi connectivity index (χ1v) is 5.69. The van der Waals surface area contributed by atoms with Gasteiger partial charge < -0.3 is 14.9 Å². The van der Waals surface area contributed by atoms with Crippen molar-refractivity contribution in [3.8, 4) is 6.07 Å². The molecule has 0 aliphatic carbocycles. The standard InChI is InChI=1S/C12H19N3O3/c1-4-7-14(9-11(16)17)12(18)15(10(2)3)8-5-6-13/h4,10H,1,5,7-9H2,2-3H3,(H,16,17). The largest absolute Gasteiger partial charge is 0.480 e. The molecule has 0 saturated heterocycles. The molecule has 2 amide bonds. The summed E-state index contributed by atoms with van der Waals surface area (Å²) in [5.41, 5.74) is 0. The van der Waals surface area contributed by atoms with Crippen molar-refractivity contribution in [1.82, 2.24) is 9.80 Å². The zero-order valence-electron chi connectivity index (χ0n) is 10.8. The lowest BCUT2D eigenvalue weighted by Gasteiger charge is -2.31. The van der Waals surface area contributed by atoms with Gasteiger partial charge in [0.2, 0.25) is 0 Å². The molecule has 100 valence electrons. The van der Waals surface area contributed by atoms with Crippen LogP contribution in [0.1, 0.15) is 20.3 Å². The summed E-state index contributed by atoms with van der Waals surface area (Å²) < 4.78 is 0. The Labute approximate surface area is 107 Å². The van der Waals surface area contributed by atoms with Gasteiger partial charge in [-0.05, 0) is 13.8 Å². The van der Waals surface area contributed by atoms with Crippen LogP contribution in [-0.2, 0) is 4.79 Å². The minimum absolute atomic E-state index is 0.0908. The Balaban J connectivity index is 4.82. The first-order chi connectivity index (χ1) is 8.43. The van der Waals surface area contributed by atoms with Gasteiger partial charge >= 0.3 is 12.0 Å². The normalized spacial score (nSPS) is 9.67. The number of aliphatic carboxylic acids is 1. The molecular formula is C12H19N3O3. The lowest BCUT2D eigenvalue weighted by atomic mass is 10.3. The van der Waals surface area contributed by atoms with Crippen molar-refractivity contribution >= 4 is 12.0 Å². The summed E-state index contributed by atoms with van der Waals surface area (Å²) >= 11 is 0. The molecule has 0 unspecified atom stereocenters. The van der Waals surface area contributed by atoms with E-state index in [1.807, 2.05) is 19.9 Å². The number of hydrogen-bond donors (Lipinski definition) is 1. The van der Waals surface area contributed by atoms with Crippen molar-refractivity contribution in [3.05, 3.63) is 12.7 Å². The Morgan fingerprint density at radius 1 is 1.50 bits per heavy atom. The van der Waals surface area contributed by atoms with Gasteiger partial charge in [0.15, 0.2) is 0 Å². The van der Waals surface area contributed by atoms with Gasteiger partial charge in [-0.15, -0.1) is 6.58 Å². The third-order valence-electron chi connectivity index (χ3n) is 2.28. The lowest BCUT2D eigenvalue weighted by molar-refractivity contribution is -0.137. The number of amides is 2. The quantitative estimate of drug-likeness (QED) is 0.693. The molecule has 0 heterocycles. The smallest absolute Gasteiger partial charge is 0.323 e. The molecule has 0 radical (unpaired) electrons. The van der Waals surface area contributed by atoms with Gasteiger partial charge in [-0.2, -0.15) is 5.26 Å². The van der Waals surface area contributed by atoms with E-state index >= 15 is 0 Å². The summed E-state index contributed by atoms with van der Waals surface area (Å²) in [6, 6.07) is 1.49. The molecular weight excluding hydrogens is 234 g/mol. The minimum Gasteiger partial charge on any atom is -0.480 e. The van der Waals surface area contributed by atoms with Gasteiger partial charge in [-0.3, -0.25) is 4.79 Å². The van der Waals surface area contributed by atoms with Crippen LogP contribution in [0.5, 0.6) is 0 Å². The maximum Gasteiger partial charge on any atom is 0.323 e. The van der Waals surface area contributed by atoms with Crippen molar-refractivity contribution < 1.29 is 14.7 Å². The van der Waals surface area contributed by atoms with E-state index in [0.29, 0.717) is 6.54 Å². The number of nitrogens with zero attached hydrogens (tertiary/aromatic N) is 3. The fourth-order valence-electron chi connectivity index (χ4n) is 1.46. The molecule has 0 spiro atoms. The van der Waals surface area contributed by atoms with Crippen LogP contribution in [0.15, 0.2) is 12.7 Å². The lowest BCUT2D eigenvalue weighted by Crippen LogP contribution is -2.48. The highest BCUT2D eigenvalue weighted by atomic mass is 16.4. The number of urea groups is 1.